The smallest absolute Gasteiger partial charge is 0.00918 e. The topological polar surface area (TPSA) is 0 Å². The van der Waals surface area contributed by atoms with Gasteiger partial charge < -0.3 is 0 Å². The zero-order valence-corrected chi connectivity index (χ0v) is 20.0. The maximum Gasteiger partial charge on any atom is 0.00918 e. The summed E-state index contributed by atoms with van der Waals surface area (Å²) < 4.78 is 0. The van der Waals surface area contributed by atoms with Crippen LogP contribution < -0.4 is 0 Å². The largest absolute Gasteiger partial charge is 0.0993 e. The lowest BCUT2D eigenvalue weighted by molar-refractivity contribution is 0.377. The number of hydrogen-bond acceptors (Lipinski definition) is 0. The second kappa shape index (κ2) is 9.96. The van der Waals surface area contributed by atoms with Crippen molar-refractivity contribution in [2.45, 2.75) is 92.9 Å². The van der Waals surface area contributed by atoms with Crippen molar-refractivity contribution in [1.29, 1.82) is 0 Å². The quantitative estimate of drug-likeness (QED) is 0.386. The Kier molecular flexibility index (Phi) is 8.15. The highest BCUT2D eigenvalue weighted by molar-refractivity contribution is 5.71. The van der Waals surface area contributed by atoms with Crippen LogP contribution in [0.5, 0.6) is 0 Å². The van der Waals surface area contributed by atoms with Crippen molar-refractivity contribution in [3.05, 3.63) is 65.8 Å². The van der Waals surface area contributed by atoms with Gasteiger partial charge in [0.1, 0.15) is 0 Å². The van der Waals surface area contributed by atoms with Crippen molar-refractivity contribution in [3.8, 4) is 0 Å². The van der Waals surface area contributed by atoms with Gasteiger partial charge in [-0.2, -0.15) is 0 Å². The first-order valence-corrected chi connectivity index (χ1v) is 11.7. The first-order valence-electron chi connectivity index (χ1n) is 11.7. The summed E-state index contributed by atoms with van der Waals surface area (Å²) in [6, 6.07) is 8.97. The van der Waals surface area contributed by atoms with Gasteiger partial charge in [0.15, 0.2) is 0 Å². The minimum Gasteiger partial charge on any atom is -0.0993 e. The van der Waals surface area contributed by atoms with Gasteiger partial charge >= 0.3 is 0 Å². The van der Waals surface area contributed by atoms with Gasteiger partial charge in [-0.25, -0.2) is 0 Å². The predicted molar refractivity (Wildman–Crippen MR) is 131 cm³/mol. The molecule has 0 saturated heterocycles. The lowest BCUT2D eigenvalue weighted by atomic mass is 9.69. The lowest BCUT2D eigenvalue weighted by Crippen LogP contribution is -2.22. The highest BCUT2D eigenvalue weighted by Gasteiger charge is 2.31. The standard InChI is InChI=1S/C29H44/c1-9-29(22(2)3,20-19-24(5)28(6,7)8)21-27(25-16-11-10-12-17-25)26-18-14-13-15-23(26)4/h13-15,18,21,25H,2,5,9-12,16-17,19-20H2,1,3-4,6-8H3/b27-21-. The third-order valence-corrected chi connectivity index (χ3v) is 7.35. The molecule has 160 valence electrons. The fraction of sp³-hybridized carbons (Fsp3) is 0.586. The Morgan fingerprint density at radius 3 is 2.21 bits per heavy atom. The molecule has 1 atom stereocenters. The number of benzene rings is 1. The molecule has 1 aliphatic rings. The number of rotatable bonds is 8. The van der Waals surface area contributed by atoms with Crippen LogP contribution in [0.2, 0.25) is 0 Å². The molecule has 0 amide bonds. The second-order valence-corrected chi connectivity index (χ2v) is 10.4. The van der Waals surface area contributed by atoms with Crippen molar-refractivity contribution >= 4 is 5.57 Å². The van der Waals surface area contributed by atoms with Crippen LogP contribution in [0.25, 0.3) is 5.57 Å². The summed E-state index contributed by atoms with van der Waals surface area (Å²) in [6.45, 7) is 22.6. The van der Waals surface area contributed by atoms with Crippen LogP contribution >= 0.6 is 0 Å². The number of allylic oxidation sites excluding steroid dienone is 4. The third-order valence-electron chi connectivity index (χ3n) is 7.35. The Morgan fingerprint density at radius 2 is 1.69 bits per heavy atom. The Balaban J connectivity index is 2.50. The maximum absolute atomic E-state index is 4.48. The molecule has 0 bridgehead atoms. The summed E-state index contributed by atoms with van der Waals surface area (Å²) in [4.78, 5) is 0. The van der Waals surface area contributed by atoms with Crippen molar-refractivity contribution in [2.24, 2.45) is 16.7 Å². The Bertz CT molecular complexity index is 734. The monoisotopic (exact) mass is 392 g/mol. The zero-order valence-electron chi connectivity index (χ0n) is 20.0. The van der Waals surface area contributed by atoms with Crippen LogP contribution in [0.1, 0.15) is 97.1 Å². The van der Waals surface area contributed by atoms with Crippen LogP contribution in [0, 0.1) is 23.7 Å². The number of hydrogen-bond donors (Lipinski definition) is 0. The molecule has 0 nitrogen and oxygen atoms in total. The van der Waals surface area contributed by atoms with Gasteiger partial charge in [0.05, 0.1) is 0 Å². The normalized spacial score (nSPS) is 18.3. The van der Waals surface area contributed by atoms with E-state index in [1.165, 1.54) is 54.4 Å². The van der Waals surface area contributed by atoms with Crippen molar-refractivity contribution < 1.29 is 0 Å². The highest BCUT2D eigenvalue weighted by atomic mass is 14.4. The molecular formula is C29H44. The van der Waals surface area contributed by atoms with E-state index in [9.17, 15) is 0 Å². The summed E-state index contributed by atoms with van der Waals surface area (Å²) in [5, 5.41) is 0. The molecule has 0 radical (unpaired) electrons. The van der Waals surface area contributed by atoms with Gasteiger partial charge in [0, 0.05) is 5.41 Å². The lowest BCUT2D eigenvalue weighted by Gasteiger charge is -2.36. The molecule has 1 aliphatic carbocycles. The van der Waals surface area contributed by atoms with E-state index >= 15 is 0 Å². The summed E-state index contributed by atoms with van der Waals surface area (Å²) in [7, 11) is 0. The van der Waals surface area contributed by atoms with Gasteiger partial charge in [-0.3, -0.25) is 0 Å². The molecule has 0 heteroatoms. The molecule has 1 saturated carbocycles. The van der Waals surface area contributed by atoms with Crippen LogP contribution in [-0.2, 0) is 0 Å². The first kappa shape index (κ1) is 23.7. The van der Waals surface area contributed by atoms with E-state index in [0.717, 1.165) is 19.3 Å². The van der Waals surface area contributed by atoms with Gasteiger partial charge in [-0.1, -0.05) is 102 Å². The molecule has 0 aliphatic heterocycles. The fourth-order valence-electron chi connectivity index (χ4n) is 4.76. The molecule has 1 unspecified atom stereocenters. The molecular weight excluding hydrogens is 348 g/mol. The van der Waals surface area contributed by atoms with Crippen LogP contribution in [-0.4, -0.2) is 0 Å². The maximum atomic E-state index is 4.48. The molecule has 0 spiro atoms. The average molecular weight is 393 g/mol. The van der Waals surface area contributed by atoms with Gasteiger partial charge in [-0.05, 0) is 74.0 Å². The molecule has 0 N–H and O–H groups in total. The van der Waals surface area contributed by atoms with Crippen molar-refractivity contribution in [2.75, 3.05) is 0 Å². The van der Waals surface area contributed by atoms with E-state index in [0.29, 0.717) is 5.92 Å². The average Bonchev–Trinajstić information content (AvgIpc) is 2.69. The predicted octanol–water partition coefficient (Wildman–Crippen LogP) is 9.31. The van der Waals surface area contributed by atoms with Gasteiger partial charge in [0.2, 0.25) is 0 Å². The Morgan fingerprint density at radius 1 is 1.07 bits per heavy atom. The Hall–Kier alpha value is -1.56. The molecule has 1 fully saturated rings. The second-order valence-electron chi connectivity index (χ2n) is 10.4. The van der Waals surface area contributed by atoms with E-state index in [1.54, 1.807) is 5.57 Å². The molecule has 0 aromatic heterocycles. The van der Waals surface area contributed by atoms with Gasteiger partial charge in [0.25, 0.3) is 0 Å². The van der Waals surface area contributed by atoms with E-state index in [4.69, 9.17) is 0 Å². The summed E-state index contributed by atoms with van der Waals surface area (Å²) >= 11 is 0. The summed E-state index contributed by atoms with van der Waals surface area (Å²) in [5.41, 5.74) is 7.28. The number of aryl methyl sites for hydroxylation is 1. The molecule has 29 heavy (non-hydrogen) atoms. The van der Waals surface area contributed by atoms with Crippen LogP contribution in [0.4, 0.5) is 0 Å². The van der Waals surface area contributed by atoms with E-state index < -0.39 is 0 Å². The zero-order chi connectivity index (χ0) is 21.7. The van der Waals surface area contributed by atoms with Crippen molar-refractivity contribution in [3.63, 3.8) is 0 Å². The summed E-state index contributed by atoms with van der Waals surface area (Å²) in [5.74, 6) is 0.681. The summed E-state index contributed by atoms with van der Waals surface area (Å²) in [6.07, 6.45) is 12.7. The minimum atomic E-state index is 0.0449. The third kappa shape index (κ3) is 5.97. The first-order chi connectivity index (χ1) is 13.6. The fourth-order valence-corrected chi connectivity index (χ4v) is 4.76. The highest BCUT2D eigenvalue weighted by Crippen LogP contribution is 2.45. The molecule has 0 heterocycles. The van der Waals surface area contributed by atoms with Crippen LogP contribution in [0.3, 0.4) is 0 Å². The Labute approximate surface area is 181 Å². The van der Waals surface area contributed by atoms with E-state index in [-0.39, 0.29) is 10.8 Å². The van der Waals surface area contributed by atoms with Crippen LogP contribution in [0.15, 0.2) is 54.6 Å². The van der Waals surface area contributed by atoms with Crippen molar-refractivity contribution in [1.82, 2.24) is 0 Å². The molecule has 1 aromatic rings. The minimum absolute atomic E-state index is 0.0449. The van der Waals surface area contributed by atoms with E-state index in [2.05, 4.69) is 85.0 Å². The molecule has 2 rings (SSSR count). The van der Waals surface area contributed by atoms with Gasteiger partial charge in [-0.15, -0.1) is 0 Å². The molecule has 1 aromatic carbocycles. The SMILES string of the molecule is C=C(CCC(/C=C(\c1ccccc1C)C1CCCCC1)(CC)C(=C)C)C(C)(C)C. The van der Waals surface area contributed by atoms with E-state index in [1.807, 2.05) is 0 Å².